The average Bonchev–Trinajstić information content (AvgIpc) is 2.15. The maximum atomic E-state index is 9.94. The summed E-state index contributed by atoms with van der Waals surface area (Å²) >= 11 is 2.27. The van der Waals surface area contributed by atoms with E-state index >= 15 is 0 Å². The van der Waals surface area contributed by atoms with E-state index < -0.39 is 11.2 Å². The van der Waals surface area contributed by atoms with Crippen molar-refractivity contribution in [1.29, 1.82) is 0 Å². The predicted molar refractivity (Wildman–Crippen MR) is 77.4 cm³/mol. The Morgan fingerprint density at radius 3 is 2.06 bits per heavy atom. The van der Waals surface area contributed by atoms with Gasteiger partial charge in [-0.1, -0.05) is 17.6 Å². The predicted octanol–water partition coefficient (Wildman–Crippen LogP) is 1.83. The number of aliphatic hydroxyl groups is 1. The van der Waals surface area contributed by atoms with Gasteiger partial charge in [0.2, 0.25) is 0 Å². The summed E-state index contributed by atoms with van der Waals surface area (Å²) in [6.45, 7) is 7.33. The van der Waals surface area contributed by atoms with E-state index in [1.807, 2.05) is 26.0 Å². The van der Waals surface area contributed by atoms with E-state index in [0.717, 1.165) is 5.46 Å². The van der Waals surface area contributed by atoms with Crippen LogP contribution in [-0.2, 0) is 4.65 Å². The third-order valence-electron chi connectivity index (χ3n) is 2.99. The van der Waals surface area contributed by atoms with E-state index in [1.54, 1.807) is 13.8 Å². The fourth-order valence-corrected chi connectivity index (χ4v) is 1.38. The lowest BCUT2D eigenvalue weighted by Crippen LogP contribution is -2.49. The Morgan fingerprint density at radius 1 is 1.12 bits per heavy atom. The third-order valence-corrected chi connectivity index (χ3v) is 3.71. The smallest absolute Gasteiger partial charge is 0.309 e. The van der Waals surface area contributed by atoms with Crippen LogP contribution in [0.4, 0.5) is 0 Å². The van der Waals surface area contributed by atoms with E-state index in [2.05, 4.69) is 34.7 Å². The highest BCUT2D eigenvalue weighted by atomic mass is 127. The molecule has 0 fully saturated rings. The quantitative estimate of drug-likeness (QED) is 0.674. The van der Waals surface area contributed by atoms with Gasteiger partial charge < -0.3 is 9.76 Å². The van der Waals surface area contributed by atoms with Crippen LogP contribution in [0.3, 0.4) is 0 Å². The highest BCUT2D eigenvalue weighted by Crippen LogP contribution is 2.24. The van der Waals surface area contributed by atoms with E-state index in [-0.39, 0.29) is 0 Å². The summed E-state index contributed by atoms with van der Waals surface area (Å²) in [6, 6.07) is 8.19. The summed E-state index contributed by atoms with van der Waals surface area (Å²) in [5.41, 5.74) is -0.288. The molecule has 0 amide bonds. The maximum absolute atomic E-state index is 9.94. The molecule has 0 aromatic heterocycles. The van der Waals surface area contributed by atoms with Crippen molar-refractivity contribution in [2.24, 2.45) is 0 Å². The minimum absolute atomic E-state index is 0.522. The Hall–Kier alpha value is -0.0651. The number of halogens is 1. The van der Waals surface area contributed by atoms with Gasteiger partial charge in [-0.25, -0.2) is 0 Å². The van der Waals surface area contributed by atoms with E-state index in [1.165, 1.54) is 3.57 Å². The van der Waals surface area contributed by atoms with Gasteiger partial charge in [-0.2, -0.15) is 0 Å². The highest BCUT2D eigenvalue weighted by Gasteiger charge is 2.35. The average molecular weight is 332 g/mol. The zero-order chi connectivity index (χ0) is 12.4. The molecule has 1 rings (SSSR count). The summed E-state index contributed by atoms with van der Waals surface area (Å²) in [5.74, 6) is 0. The van der Waals surface area contributed by atoms with Gasteiger partial charge in [-0.05, 0) is 62.4 Å². The molecular weight excluding hydrogens is 314 g/mol. The van der Waals surface area contributed by atoms with Crippen LogP contribution in [0.25, 0.3) is 0 Å². The molecule has 2 nitrogen and oxygen atoms in total. The lowest BCUT2D eigenvalue weighted by atomic mass is 9.83. The molecule has 88 valence electrons. The summed E-state index contributed by atoms with van der Waals surface area (Å²) in [7, 11) is 0.522. The van der Waals surface area contributed by atoms with Crippen LogP contribution in [0.1, 0.15) is 27.7 Å². The van der Waals surface area contributed by atoms with E-state index in [9.17, 15) is 5.11 Å². The van der Waals surface area contributed by atoms with Crippen molar-refractivity contribution in [2.45, 2.75) is 38.9 Å². The minimum atomic E-state index is -0.851. The van der Waals surface area contributed by atoms with Gasteiger partial charge in [0.25, 0.3) is 0 Å². The molecule has 0 heterocycles. The fourth-order valence-electron chi connectivity index (χ4n) is 1.02. The molecular formula is C12H18BIO2. The van der Waals surface area contributed by atoms with Gasteiger partial charge in [-0.3, -0.25) is 0 Å². The molecule has 4 heteroatoms. The molecule has 0 saturated heterocycles. The first-order valence-corrected chi connectivity index (χ1v) is 6.41. The zero-order valence-electron chi connectivity index (χ0n) is 10.2. The molecule has 16 heavy (non-hydrogen) atoms. The lowest BCUT2D eigenvalue weighted by Gasteiger charge is -2.37. The van der Waals surface area contributed by atoms with Gasteiger partial charge in [-0.15, -0.1) is 0 Å². The second-order valence-corrected chi connectivity index (χ2v) is 6.23. The SMILES string of the molecule is CC(C)(O)C(C)(C)OBc1ccc(I)cc1. The van der Waals surface area contributed by atoms with Crippen molar-refractivity contribution in [3.05, 3.63) is 27.8 Å². The van der Waals surface area contributed by atoms with Gasteiger partial charge in [0.15, 0.2) is 0 Å². The molecule has 1 aromatic carbocycles. The van der Waals surface area contributed by atoms with Crippen LogP contribution >= 0.6 is 22.6 Å². The van der Waals surface area contributed by atoms with Crippen LogP contribution in [0.5, 0.6) is 0 Å². The maximum Gasteiger partial charge on any atom is 0.309 e. The minimum Gasteiger partial charge on any atom is -0.427 e. The van der Waals surface area contributed by atoms with Crippen molar-refractivity contribution in [3.8, 4) is 0 Å². The van der Waals surface area contributed by atoms with Gasteiger partial charge >= 0.3 is 7.48 Å². The Bertz CT molecular complexity index is 341. The second-order valence-electron chi connectivity index (χ2n) is 4.98. The second kappa shape index (κ2) is 5.06. The van der Waals surface area contributed by atoms with Crippen LogP contribution in [0.15, 0.2) is 24.3 Å². The first kappa shape index (κ1) is 14.0. The van der Waals surface area contributed by atoms with E-state index in [4.69, 9.17) is 4.65 Å². The fraction of sp³-hybridized carbons (Fsp3) is 0.500. The van der Waals surface area contributed by atoms with Crippen molar-refractivity contribution >= 4 is 35.5 Å². The molecule has 0 aliphatic carbocycles. The topological polar surface area (TPSA) is 29.5 Å². The molecule has 0 aliphatic heterocycles. The number of hydrogen-bond donors (Lipinski definition) is 1. The summed E-state index contributed by atoms with van der Waals surface area (Å²) in [5, 5.41) is 9.94. The highest BCUT2D eigenvalue weighted by molar-refractivity contribution is 14.1. The molecule has 0 aliphatic rings. The Balaban J connectivity index is 2.61. The normalized spacial score (nSPS) is 12.6. The molecule has 0 radical (unpaired) electrons. The Kier molecular flexibility index (Phi) is 4.43. The molecule has 1 N–H and O–H groups in total. The monoisotopic (exact) mass is 332 g/mol. The van der Waals surface area contributed by atoms with Gasteiger partial charge in [0.05, 0.1) is 11.2 Å². The number of benzene rings is 1. The van der Waals surface area contributed by atoms with E-state index in [0.29, 0.717) is 7.48 Å². The van der Waals surface area contributed by atoms with Crippen molar-refractivity contribution in [3.63, 3.8) is 0 Å². The largest absolute Gasteiger partial charge is 0.427 e. The molecule has 0 bridgehead atoms. The first-order valence-electron chi connectivity index (χ1n) is 5.33. The zero-order valence-corrected chi connectivity index (χ0v) is 12.4. The molecule has 0 saturated carbocycles. The summed E-state index contributed by atoms with van der Waals surface area (Å²) < 4.78 is 6.98. The Morgan fingerprint density at radius 2 is 1.62 bits per heavy atom. The van der Waals surface area contributed by atoms with Gasteiger partial charge in [0, 0.05) is 3.57 Å². The molecule has 0 unspecified atom stereocenters. The molecule has 1 aromatic rings. The van der Waals surface area contributed by atoms with Crippen molar-refractivity contribution in [2.75, 3.05) is 0 Å². The number of hydrogen-bond acceptors (Lipinski definition) is 2. The van der Waals surface area contributed by atoms with Crippen LogP contribution < -0.4 is 5.46 Å². The van der Waals surface area contributed by atoms with Gasteiger partial charge in [0.1, 0.15) is 0 Å². The number of rotatable bonds is 4. The van der Waals surface area contributed by atoms with Crippen LogP contribution in [0, 0.1) is 3.57 Å². The molecule has 0 atom stereocenters. The van der Waals surface area contributed by atoms with Crippen LogP contribution in [-0.4, -0.2) is 23.8 Å². The Labute approximate surface area is 112 Å². The lowest BCUT2D eigenvalue weighted by molar-refractivity contribution is -0.0893. The summed E-state index contributed by atoms with van der Waals surface area (Å²) in [4.78, 5) is 0. The molecule has 0 spiro atoms. The van der Waals surface area contributed by atoms with Crippen LogP contribution in [0.2, 0.25) is 0 Å². The first-order chi connectivity index (χ1) is 7.22. The van der Waals surface area contributed by atoms with Crippen molar-refractivity contribution in [1.82, 2.24) is 0 Å². The standard InChI is InChI=1S/C12H18BIO2/c1-11(2,15)12(3,4)16-13-9-5-7-10(14)8-6-9/h5-8,13,15H,1-4H3. The van der Waals surface area contributed by atoms with Crippen molar-refractivity contribution < 1.29 is 9.76 Å². The summed E-state index contributed by atoms with van der Waals surface area (Å²) in [6.07, 6.45) is 0. The third kappa shape index (κ3) is 3.75.